The third kappa shape index (κ3) is 0.531. The topological polar surface area (TPSA) is 74.6 Å². The molecule has 0 aliphatic heterocycles. The fourth-order valence-electron chi connectivity index (χ4n) is 5.87. The molecule has 6 aliphatic carbocycles. The summed E-state index contributed by atoms with van der Waals surface area (Å²) in [6, 6.07) is 0. The highest BCUT2D eigenvalue weighted by molar-refractivity contribution is 5.82. The van der Waals surface area contributed by atoms with Gasteiger partial charge in [0.05, 0.1) is 11.8 Å². The summed E-state index contributed by atoms with van der Waals surface area (Å²) < 4.78 is 16.6. The Labute approximate surface area is 94.4 Å². The van der Waals surface area contributed by atoms with Crippen LogP contribution < -0.4 is 0 Å². The van der Waals surface area contributed by atoms with Crippen LogP contribution in [-0.2, 0) is 9.59 Å². The van der Waals surface area contributed by atoms with Crippen molar-refractivity contribution in [1.29, 1.82) is 0 Å². The average molecular weight is 222 g/mol. The van der Waals surface area contributed by atoms with Gasteiger partial charge in [0.2, 0.25) is 0 Å². The third-order valence-electron chi connectivity index (χ3n) is 5.91. The first-order chi connectivity index (χ1) is 8.38. The Morgan fingerprint density at radius 2 is 0.938 bits per heavy atom. The van der Waals surface area contributed by atoms with E-state index < -0.39 is 35.6 Å². The molecule has 0 spiro atoms. The Morgan fingerprint density at radius 1 is 0.688 bits per heavy atom. The SMILES string of the molecule is [2H]C1(C(=O)O)C2C3C4C5C2C5C(C43)C1([2H])C(=O)O. The van der Waals surface area contributed by atoms with Crippen LogP contribution in [0.2, 0.25) is 0 Å². The molecule has 6 aliphatic rings. The standard InChI is InChI=1S/C12H12O4/c13-11(14)9-7-3-1-2-5(7)6(2)8(4(1)3)10(9)12(15)16/h1-10H,(H,13,14)(H,15,16)/i9D,10D. The van der Waals surface area contributed by atoms with E-state index in [1.165, 1.54) is 0 Å². The molecule has 4 nitrogen and oxygen atoms in total. The summed E-state index contributed by atoms with van der Waals surface area (Å²) in [4.78, 5) is 23.1. The number of hydrogen-bond donors (Lipinski definition) is 2. The first kappa shape index (κ1) is 6.62. The van der Waals surface area contributed by atoms with Crippen LogP contribution in [0.5, 0.6) is 0 Å². The Bertz CT molecular complexity index is 482. The van der Waals surface area contributed by atoms with Gasteiger partial charge in [-0.1, -0.05) is 0 Å². The van der Waals surface area contributed by atoms with Gasteiger partial charge >= 0.3 is 11.9 Å². The van der Waals surface area contributed by atoms with E-state index in [0.29, 0.717) is 11.8 Å². The molecule has 0 saturated heterocycles. The van der Waals surface area contributed by atoms with Crippen molar-refractivity contribution >= 4 is 11.9 Å². The summed E-state index contributed by atoms with van der Waals surface area (Å²) in [7, 11) is 0. The van der Waals surface area contributed by atoms with Crippen LogP contribution in [-0.4, -0.2) is 22.2 Å². The molecule has 0 aromatic rings. The van der Waals surface area contributed by atoms with Crippen molar-refractivity contribution in [3.63, 3.8) is 0 Å². The molecule has 4 heteroatoms. The minimum absolute atomic E-state index is 0.237. The zero-order valence-corrected chi connectivity index (χ0v) is 8.33. The summed E-state index contributed by atoms with van der Waals surface area (Å²) in [6.45, 7) is 0. The Balaban J connectivity index is 1.79. The molecule has 0 radical (unpaired) electrons. The molecule has 0 aromatic heterocycles. The van der Waals surface area contributed by atoms with E-state index >= 15 is 0 Å². The van der Waals surface area contributed by atoms with Gasteiger partial charge in [0.15, 0.2) is 0 Å². The molecule has 2 bridgehead atoms. The van der Waals surface area contributed by atoms with Gasteiger partial charge in [0.25, 0.3) is 0 Å². The third-order valence-corrected chi connectivity index (χ3v) is 5.91. The van der Waals surface area contributed by atoms with E-state index in [0.717, 1.165) is 0 Å². The normalized spacial score (nSPS) is 81.2. The second-order valence-electron chi connectivity index (χ2n) is 5.95. The second-order valence-corrected chi connectivity index (χ2v) is 5.95. The number of carboxylic acids is 2. The van der Waals surface area contributed by atoms with Gasteiger partial charge in [-0.25, -0.2) is 0 Å². The fraction of sp³-hybridized carbons (Fsp3) is 0.833. The first-order valence-electron chi connectivity index (χ1n) is 6.85. The molecular weight excluding hydrogens is 208 g/mol. The Morgan fingerprint density at radius 3 is 1.19 bits per heavy atom. The Hall–Kier alpha value is -1.06. The number of carboxylic acid groups (broad SMARTS) is 2. The van der Waals surface area contributed by atoms with Crippen LogP contribution in [0.4, 0.5) is 0 Å². The molecule has 0 heterocycles. The fourth-order valence-corrected chi connectivity index (χ4v) is 5.87. The van der Waals surface area contributed by atoms with E-state index in [4.69, 9.17) is 2.74 Å². The van der Waals surface area contributed by atoms with Crippen molar-refractivity contribution in [2.75, 3.05) is 0 Å². The van der Waals surface area contributed by atoms with E-state index in [1.54, 1.807) is 0 Å². The van der Waals surface area contributed by atoms with Gasteiger partial charge < -0.3 is 10.2 Å². The maximum absolute atomic E-state index is 11.6. The van der Waals surface area contributed by atoms with Crippen molar-refractivity contribution < 1.29 is 22.5 Å². The number of carbonyl (C=O) groups is 2. The van der Waals surface area contributed by atoms with Crippen molar-refractivity contribution in [3.05, 3.63) is 0 Å². The summed E-state index contributed by atoms with van der Waals surface area (Å²) >= 11 is 0. The molecule has 16 heavy (non-hydrogen) atoms. The summed E-state index contributed by atoms with van der Waals surface area (Å²) in [6.07, 6.45) is 0. The maximum Gasteiger partial charge on any atom is 0.307 e. The maximum atomic E-state index is 11.6. The molecule has 0 amide bonds. The van der Waals surface area contributed by atoms with Gasteiger partial charge in [0.1, 0.15) is 0 Å². The minimum atomic E-state index is -2.15. The zero-order chi connectivity index (χ0) is 12.8. The molecular formula is C12H12O4. The quantitative estimate of drug-likeness (QED) is 0.708. The Kier molecular flexibility index (Phi) is 0.791. The molecule has 6 fully saturated rings. The second kappa shape index (κ2) is 1.91. The monoisotopic (exact) mass is 222 g/mol. The van der Waals surface area contributed by atoms with Crippen LogP contribution in [0.1, 0.15) is 2.74 Å². The van der Waals surface area contributed by atoms with Crippen LogP contribution in [0.15, 0.2) is 0 Å². The lowest BCUT2D eigenvalue weighted by molar-refractivity contribution is -0.167. The first-order valence-corrected chi connectivity index (χ1v) is 5.85. The van der Waals surface area contributed by atoms with E-state index in [1.807, 2.05) is 0 Å². The predicted molar refractivity (Wildman–Crippen MR) is 50.2 cm³/mol. The molecule has 6 atom stereocenters. The predicted octanol–water partition coefficient (Wildman–Crippen LogP) is 0.386. The summed E-state index contributed by atoms with van der Waals surface area (Å²) in [5.74, 6) is -6.05. The molecule has 84 valence electrons. The van der Waals surface area contributed by atoms with Gasteiger partial charge in [-0.2, -0.15) is 0 Å². The zero-order valence-electron chi connectivity index (χ0n) is 10.3. The van der Waals surface area contributed by atoms with Gasteiger partial charge in [-0.3, -0.25) is 9.59 Å². The smallest absolute Gasteiger partial charge is 0.307 e. The molecule has 6 unspecified atom stereocenters. The van der Waals surface area contributed by atoms with E-state index in [-0.39, 0.29) is 23.7 Å². The van der Waals surface area contributed by atoms with Crippen LogP contribution in [0, 0.1) is 59.1 Å². The van der Waals surface area contributed by atoms with E-state index in [9.17, 15) is 19.8 Å². The average Bonchev–Trinajstić information content (AvgIpc) is 3.13. The number of aliphatic carboxylic acids is 2. The van der Waals surface area contributed by atoms with Gasteiger partial charge in [0, 0.05) is 2.74 Å². The van der Waals surface area contributed by atoms with Gasteiger partial charge in [-0.15, -0.1) is 0 Å². The molecule has 6 saturated carbocycles. The number of fused-ring (bicyclic) bond motifs is 1. The minimum Gasteiger partial charge on any atom is -0.481 e. The molecule has 6 rings (SSSR count). The molecule has 0 aromatic carbocycles. The lowest BCUT2D eigenvalue weighted by atomic mass is 9.58. The lowest BCUT2D eigenvalue weighted by Gasteiger charge is -2.43. The van der Waals surface area contributed by atoms with E-state index in [2.05, 4.69) is 0 Å². The number of rotatable bonds is 2. The number of hydrogen-bond acceptors (Lipinski definition) is 2. The lowest BCUT2D eigenvalue weighted by Crippen LogP contribution is -2.50. The van der Waals surface area contributed by atoms with Crippen LogP contribution in [0.25, 0.3) is 0 Å². The highest BCUT2D eigenvalue weighted by Gasteiger charge is 2.92. The van der Waals surface area contributed by atoms with Crippen molar-refractivity contribution in [3.8, 4) is 0 Å². The largest absolute Gasteiger partial charge is 0.481 e. The van der Waals surface area contributed by atoms with Gasteiger partial charge in [-0.05, 0) is 47.3 Å². The van der Waals surface area contributed by atoms with Crippen molar-refractivity contribution in [2.24, 2.45) is 59.1 Å². The highest BCUT2D eigenvalue weighted by atomic mass is 16.4. The highest BCUT2D eigenvalue weighted by Crippen LogP contribution is 2.93. The summed E-state index contributed by atoms with van der Waals surface area (Å²) in [5, 5.41) is 18.8. The summed E-state index contributed by atoms with van der Waals surface area (Å²) in [5.41, 5.74) is 0. The van der Waals surface area contributed by atoms with Crippen LogP contribution >= 0.6 is 0 Å². The van der Waals surface area contributed by atoms with Crippen LogP contribution in [0.3, 0.4) is 0 Å². The molecule has 2 N–H and O–H groups in total. The van der Waals surface area contributed by atoms with Crippen molar-refractivity contribution in [2.45, 2.75) is 0 Å². The van der Waals surface area contributed by atoms with Crippen molar-refractivity contribution in [1.82, 2.24) is 0 Å².